The van der Waals surface area contributed by atoms with Gasteiger partial charge in [-0.1, -0.05) is 17.7 Å². The van der Waals surface area contributed by atoms with Crippen molar-refractivity contribution in [1.82, 2.24) is 0 Å². The van der Waals surface area contributed by atoms with Gasteiger partial charge in [-0.15, -0.1) is 0 Å². The number of hydrogen-bond donors (Lipinski definition) is 1. The molecule has 0 amide bonds. The van der Waals surface area contributed by atoms with E-state index in [-0.39, 0.29) is 5.54 Å². The van der Waals surface area contributed by atoms with Crippen molar-refractivity contribution in [3.8, 4) is 0 Å². The van der Waals surface area contributed by atoms with E-state index in [0.717, 1.165) is 30.0 Å². The van der Waals surface area contributed by atoms with Crippen LogP contribution < -0.4 is 10.6 Å². The second kappa shape index (κ2) is 4.51. The van der Waals surface area contributed by atoms with Gasteiger partial charge in [-0.05, 0) is 51.3 Å². The number of aryl methyl sites for hydroxylation is 1. The van der Waals surface area contributed by atoms with Gasteiger partial charge < -0.3 is 10.6 Å². The van der Waals surface area contributed by atoms with Gasteiger partial charge in [-0.25, -0.2) is 0 Å². The highest BCUT2D eigenvalue weighted by molar-refractivity contribution is 6.31. The Morgan fingerprint density at radius 1 is 1.41 bits per heavy atom. The number of rotatable bonds is 1. The molecule has 2 N–H and O–H groups in total. The molecule has 1 heterocycles. The smallest absolute Gasteiger partial charge is 0.0455 e. The molecule has 0 aliphatic carbocycles. The lowest BCUT2D eigenvalue weighted by molar-refractivity contribution is 0.327. The first-order valence-electron chi connectivity index (χ1n) is 6.19. The van der Waals surface area contributed by atoms with Gasteiger partial charge >= 0.3 is 0 Å². The lowest BCUT2D eigenvalue weighted by Crippen LogP contribution is -2.53. The first-order valence-corrected chi connectivity index (χ1v) is 6.57. The van der Waals surface area contributed by atoms with E-state index in [4.69, 9.17) is 17.3 Å². The molecular formula is C14H21ClN2. The summed E-state index contributed by atoms with van der Waals surface area (Å²) in [5, 5.41) is 0.841. The molecule has 1 aromatic rings. The Morgan fingerprint density at radius 3 is 2.71 bits per heavy atom. The van der Waals surface area contributed by atoms with Crippen LogP contribution in [0.25, 0.3) is 0 Å². The number of hydrogen-bond acceptors (Lipinski definition) is 2. The summed E-state index contributed by atoms with van der Waals surface area (Å²) < 4.78 is 0. The van der Waals surface area contributed by atoms with E-state index in [2.05, 4.69) is 36.9 Å². The molecule has 0 radical (unpaired) electrons. The molecule has 1 aliphatic rings. The molecule has 1 unspecified atom stereocenters. The molecule has 1 fully saturated rings. The fourth-order valence-electron chi connectivity index (χ4n) is 2.68. The second-order valence-electron chi connectivity index (χ2n) is 5.65. The molecule has 1 saturated heterocycles. The zero-order valence-corrected chi connectivity index (χ0v) is 11.6. The molecular weight excluding hydrogens is 232 g/mol. The van der Waals surface area contributed by atoms with E-state index in [9.17, 15) is 0 Å². The summed E-state index contributed by atoms with van der Waals surface area (Å²) in [5.41, 5.74) is 8.49. The third-order valence-corrected chi connectivity index (χ3v) is 4.09. The largest absolute Gasteiger partial charge is 0.366 e. The van der Waals surface area contributed by atoms with Crippen LogP contribution in [0.2, 0.25) is 5.02 Å². The molecule has 0 spiro atoms. The SMILES string of the molecule is Cc1ccc(N2CCC(N)CC2(C)C)cc1Cl. The van der Waals surface area contributed by atoms with E-state index >= 15 is 0 Å². The monoisotopic (exact) mass is 252 g/mol. The van der Waals surface area contributed by atoms with Crippen molar-refractivity contribution < 1.29 is 0 Å². The van der Waals surface area contributed by atoms with Gasteiger partial charge in [0.2, 0.25) is 0 Å². The van der Waals surface area contributed by atoms with E-state index in [1.807, 2.05) is 6.92 Å². The summed E-state index contributed by atoms with van der Waals surface area (Å²) in [6, 6.07) is 6.62. The van der Waals surface area contributed by atoms with Crippen molar-refractivity contribution in [1.29, 1.82) is 0 Å². The van der Waals surface area contributed by atoms with Gasteiger partial charge in [0.1, 0.15) is 0 Å². The van der Waals surface area contributed by atoms with E-state index in [1.54, 1.807) is 0 Å². The summed E-state index contributed by atoms with van der Waals surface area (Å²) >= 11 is 6.20. The topological polar surface area (TPSA) is 29.3 Å². The zero-order valence-electron chi connectivity index (χ0n) is 10.8. The van der Waals surface area contributed by atoms with Crippen LogP contribution in [-0.4, -0.2) is 18.1 Å². The van der Waals surface area contributed by atoms with Crippen LogP contribution in [0.1, 0.15) is 32.3 Å². The van der Waals surface area contributed by atoms with Gasteiger partial charge in [0.05, 0.1) is 0 Å². The lowest BCUT2D eigenvalue weighted by atomic mass is 9.87. The van der Waals surface area contributed by atoms with Gasteiger partial charge in [-0.3, -0.25) is 0 Å². The molecule has 17 heavy (non-hydrogen) atoms. The predicted molar refractivity (Wildman–Crippen MR) is 74.8 cm³/mol. The van der Waals surface area contributed by atoms with Gasteiger partial charge in [0.25, 0.3) is 0 Å². The number of anilines is 1. The first kappa shape index (κ1) is 12.7. The molecule has 0 saturated carbocycles. The third kappa shape index (κ3) is 2.58. The molecule has 1 atom stereocenters. The minimum absolute atomic E-state index is 0.107. The average molecular weight is 253 g/mol. The highest BCUT2D eigenvalue weighted by Gasteiger charge is 2.33. The second-order valence-corrected chi connectivity index (χ2v) is 6.06. The van der Waals surface area contributed by atoms with Crippen molar-refractivity contribution in [2.45, 2.75) is 45.2 Å². The van der Waals surface area contributed by atoms with Gasteiger partial charge in [0.15, 0.2) is 0 Å². The Bertz CT molecular complexity index is 415. The van der Waals surface area contributed by atoms with Gasteiger partial charge in [0, 0.05) is 28.8 Å². The van der Waals surface area contributed by atoms with Crippen molar-refractivity contribution >= 4 is 17.3 Å². The lowest BCUT2D eigenvalue weighted by Gasteiger charge is -2.46. The summed E-state index contributed by atoms with van der Waals surface area (Å²) in [6.07, 6.45) is 2.08. The maximum absolute atomic E-state index is 6.20. The molecule has 2 rings (SSSR count). The Balaban J connectivity index is 2.29. The van der Waals surface area contributed by atoms with Crippen LogP contribution in [0.15, 0.2) is 18.2 Å². The Labute approximate surface area is 109 Å². The number of nitrogens with zero attached hydrogens (tertiary/aromatic N) is 1. The molecule has 0 bridgehead atoms. The highest BCUT2D eigenvalue weighted by Crippen LogP contribution is 2.33. The summed E-state index contributed by atoms with van der Waals surface area (Å²) in [4.78, 5) is 2.42. The summed E-state index contributed by atoms with van der Waals surface area (Å²) in [5.74, 6) is 0. The summed E-state index contributed by atoms with van der Waals surface area (Å²) in [7, 11) is 0. The van der Waals surface area contributed by atoms with Crippen LogP contribution in [-0.2, 0) is 0 Å². The molecule has 1 aromatic carbocycles. The zero-order chi connectivity index (χ0) is 12.6. The van der Waals surface area contributed by atoms with Crippen molar-refractivity contribution in [3.05, 3.63) is 28.8 Å². The van der Waals surface area contributed by atoms with Crippen LogP contribution in [0.5, 0.6) is 0 Å². The quantitative estimate of drug-likeness (QED) is 0.831. The number of benzene rings is 1. The minimum Gasteiger partial charge on any atom is -0.366 e. The Morgan fingerprint density at radius 2 is 2.12 bits per heavy atom. The van der Waals surface area contributed by atoms with E-state index in [1.165, 1.54) is 5.69 Å². The van der Waals surface area contributed by atoms with Crippen molar-refractivity contribution in [2.75, 3.05) is 11.4 Å². The maximum Gasteiger partial charge on any atom is 0.0455 e. The standard InChI is InChI=1S/C14H21ClN2/c1-10-4-5-12(8-13(10)15)17-7-6-11(16)9-14(17,2)3/h4-5,8,11H,6-7,9,16H2,1-3H3. The highest BCUT2D eigenvalue weighted by atomic mass is 35.5. The Hall–Kier alpha value is -0.730. The fourth-order valence-corrected chi connectivity index (χ4v) is 2.85. The maximum atomic E-state index is 6.20. The van der Waals surface area contributed by atoms with Crippen LogP contribution in [0.3, 0.4) is 0 Å². The van der Waals surface area contributed by atoms with Gasteiger partial charge in [-0.2, -0.15) is 0 Å². The van der Waals surface area contributed by atoms with Crippen LogP contribution in [0, 0.1) is 6.92 Å². The third-order valence-electron chi connectivity index (χ3n) is 3.68. The molecule has 0 aromatic heterocycles. The number of nitrogens with two attached hydrogens (primary N) is 1. The average Bonchev–Trinajstić information content (AvgIpc) is 2.21. The fraction of sp³-hybridized carbons (Fsp3) is 0.571. The Kier molecular flexibility index (Phi) is 3.37. The minimum atomic E-state index is 0.107. The molecule has 2 nitrogen and oxygen atoms in total. The number of piperidine rings is 1. The molecule has 94 valence electrons. The van der Waals surface area contributed by atoms with E-state index in [0.29, 0.717) is 6.04 Å². The molecule has 3 heteroatoms. The number of halogens is 1. The van der Waals surface area contributed by atoms with Crippen LogP contribution >= 0.6 is 11.6 Å². The van der Waals surface area contributed by atoms with Crippen LogP contribution in [0.4, 0.5) is 5.69 Å². The molecule has 1 aliphatic heterocycles. The first-order chi connectivity index (χ1) is 7.90. The van der Waals surface area contributed by atoms with Crippen molar-refractivity contribution in [2.24, 2.45) is 5.73 Å². The van der Waals surface area contributed by atoms with E-state index < -0.39 is 0 Å². The summed E-state index contributed by atoms with van der Waals surface area (Å²) in [6.45, 7) is 7.54. The predicted octanol–water partition coefficient (Wildman–Crippen LogP) is 3.35. The normalized spacial score (nSPS) is 23.8. The van der Waals surface area contributed by atoms with Crippen molar-refractivity contribution in [3.63, 3.8) is 0 Å².